The standard InChI is InChI=1S/C19H19ClF3N3O2/c1-13-10-15(20)3-4-16(13)28-12-18(27)26-8-6-25(7-9-26)17-5-2-14(11-24-17)19(21,22)23/h2-5,10-11H,6-9,12H2,1H3. The van der Waals surface area contributed by atoms with E-state index in [4.69, 9.17) is 16.3 Å². The quantitative estimate of drug-likeness (QED) is 0.765. The normalized spacial score (nSPS) is 14.9. The van der Waals surface area contributed by atoms with Crippen molar-refractivity contribution >= 4 is 23.3 Å². The Balaban J connectivity index is 1.51. The van der Waals surface area contributed by atoms with Crippen LogP contribution >= 0.6 is 11.6 Å². The molecular weight excluding hydrogens is 395 g/mol. The fraction of sp³-hybridized carbons (Fsp3) is 0.368. The van der Waals surface area contributed by atoms with Gasteiger partial charge in [0.1, 0.15) is 11.6 Å². The average Bonchev–Trinajstić information content (AvgIpc) is 2.67. The van der Waals surface area contributed by atoms with Crippen molar-refractivity contribution < 1.29 is 22.7 Å². The van der Waals surface area contributed by atoms with E-state index < -0.39 is 11.7 Å². The Morgan fingerprint density at radius 3 is 2.46 bits per heavy atom. The number of rotatable bonds is 4. The summed E-state index contributed by atoms with van der Waals surface area (Å²) in [5, 5.41) is 0.601. The van der Waals surface area contributed by atoms with Crippen LogP contribution in [0.2, 0.25) is 5.02 Å². The molecule has 0 atom stereocenters. The number of piperazine rings is 1. The lowest BCUT2D eigenvalue weighted by Crippen LogP contribution is -2.50. The Kier molecular flexibility index (Phi) is 5.98. The van der Waals surface area contributed by atoms with Crippen molar-refractivity contribution in [3.63, 3.8) is 0 Å². The van der Waals surface area contributed by atoms with Gasteiger partial charge in [-0.1, -0.05) is 11.6 Å². The smallest absolute Gasteiger partial charge is 0.417 e. The highest BCUT2D eigenvalue weighted by Crippen LogP contribution is 2.29. The molecule has 1 amide bonds. The largest absolute Gasteiger partial charge is 0.483 e. The summed E-state index contributed by atoms with van der Waals surface area (Å²) in [6.07, 6.45) is -3.58. The maximum atomic E-state index is 12.6. The maximum absolute atomic E-state index is 12.6. The summed E-state index contributed by atoms with van der Waals surface area (Å²) in [5.74, 6) is 0.924. The second-order valence-electron chi connectivity index (χ2n) is 6.47. The number of hydrogen-bond donors (Lipinski definition) is 0. The molecule has 0 spiro atoms. The zero-order valence-electron chi connectivity index (χ0n) is 15.2. The van der Waals surface area contributed by atoms with Crippen molar-refractivity contribution in [1.29, 1.82) is 0 Å². The van der Waals surface area contributed by atoms with E-state index in [1.807, 2.05) is 11.8 Å². The van der Waals surface area contributed by atoms with Crippen LogP contribution in [0.3, 0.4) is 0 Å². The first kappa shape index (κ1) is 20.3. The summed E-state index contributed by atoms with van der Waals surface area (Å²) in [4.78, 5) is 19.8. The summed E-state index contributed by atoms with van der Waals surface area (Å²) in [7, 11) is 0. The lowest BCUT2D eigenvalue weighted by molar-refractivity contribution is -0.138. The Labute approximate surface area is 165 Å². The molecule has 2 heterocycles. The fourth-order valence-electron chi connectivity index (χ4n) is 2.93. The zero-order chi connectivity index (χ0) is 20.3. The van der Waals surface area contributed by atoms with E-state index in [1.54, 1.807) is 23.1 Å². The lowest BCUT2D eigenvalue weighted by Gasteiger charge is -2.35. The van der Waals surface area contributed by atoms with Crippen molar-refractivity contribution in [2.45, 2.75) is 13.1 Å². The molecule has 9 heteroatoms. The van der Waals surface area contributed by atoms with Gasteiger partial charge in [-0.3, -0.25) is 4.79 Å². The number of hydrogen-bond acceptors (Lipinski definition) is 4. The molecule has 0 unspecified atom stereocenters. The number of ether oxygens (including phenoxy) is 1. The predicted octanol–water partition coefficient (Wildman–Crippen LogP) is 3.79. The molecule has 150 valence electrons. The van der Waals surface area contributed by atoms with E-state index in [9.17, 15) is 18.0 Å². The topological polar surface area (TPSA) is 45.7 Å². The molecule has 1 saturated heterocycles. The predicted molar refractivity (Wildman–Crippen MR) is 99.7 cm³/mol. The monoisotopic (exact) mass is 413 g/mol. The van der Waals surface area contributed by atoms with Gasteiger partial charge < -0.3 is 14.5 Å². The molecule has 1 aromatic carbocycles. The highest BCUT2D eigenvalue weighted by atomic mass is 35.5. The first-order valence-corrected chi connectivity index (χ1v) is 9.07. The number of halogens is 4. The van der Waals surface area contributed by atoms with Gasteiger partial charge in [-0.2, -0.15) is 13.2 Å². The number of alkyl halides is 3. The third kappa shape index (κ3) is 4.86. The second kappa shape index (κ2) is 8.26. The van der Waals surface area contributed by atoms with E-state index in [2.05, 4.69) is 4.98 Å². The molecule has 0 saturated carbocycles. The van der Waals surface area contributed by atoms with Crippen LogP contribution in [0.15, 0.2) is 36.5 Å². The van der Waals surface area contributed by atoms with Gasteiger partial charge in [0, 0.05) is 37.4 Å². The van der Waals surface area contributed by atoms with Crippen LogP contribution in [0.25, 0.3) is 0 Å². The van der Waals surface area contributed by atoms with Crippen LogP contribution in [0.5, 0.6) is 5.75 Å². The molecule has 0 aliphatic carbocycles. The van der Waals surface area contributed by atoms with E-state index >= 15 is 0 Å². The van der Waals surface area contributed by atoms with Crippen LogP contribution in [-0.4, -0.2) is 48.6 Å². The Bertz CT molecular complexity index is 835. The van der Waals surface area contributed by atoms with Gasteiger partial charge in [0.25, 0.3) is 5.91 Å². The third-order valence-electron chi connectivity index (χ3n) is 4.52. The van der Waals surface area contributed by atoms with Gasteiger partial charge in [-0.25, -0.2) is 4.98 Å². The SMILES string of the molecule is Cc1cc(Cl)ccc1OCC(=O)N1CCN(c2ccc(C(F)(F)F)cn2)CC1. The summed E-state index contributed by atoms with van der Waals surface area (Å²) < 4.78 is 43.5. The minimum Gasteiger partial charge on any atom is -0.483 e. The first-order chi connectivity index (χ1) is 13.2. The molecule has 0 radical (unpaired) electrons. The molecule has 3 rings (SSSR count). The number of benzene rings is 1. The van der Waals surface area contributed by atoms with E-state index in [0.717, 1.165) is 17.8 Å². The number of pyridine rings is 1. The molecule has 0 bridgehead atoms. The summed E-state index contributed by atoms with van der Waals surface area (Å²) >= 11 is 5.90. The Hall–Kier alpha value is -2.48. The van der Waals surface area contributed by atoms with E-state index in [-0.39, 0.29) is 12.5 Å². The minimum absolute atomic E-state index is 0.0823. The third-order valence-corrected chi connectivity index (χ3v) is 4.75. The Morgan fingerprint density at radius 1 is 1.18 bits per heavy atom. The van der Waals surface area contributed by atoms with Gasteiger partial charge in [-0.05, 0) is 42.8 Å². The van der Waals surface area contributed by atoms with Crippen molar-refractivity contribution in [2.75, 3.05) is 37.7 Å². The highest BCUT2D eigenvalue weighted by Gasteiger charge is 2.31. The minimum atomic E-state index is -4.40. The van der Waals surface area contributed by atoms with Crippen LogP contribution in [0.1, 0.15) is 11.1 Å². The molecule has 1 fully saturated rings. The van der Waals surface area contributed by atoms with Crippen molar-refractivity contribution in [2.24, 2.45) is 0 Å². The number of nitrogens with zero attached hydrogens (tertiary/aromatic N) is 3. The summed E-state index contributed by atoms with van der Waals surface area (Å²) in [6, 6.07) is 7.55. The van der Waals surface area contributed by atoms with Crippen molar-refractivity contribution in [3.05, 3.63) is 52.7 Å². The van der Waals surface area contributed by atoms with Gasteiger partial charge >= 0.3 is 6.18 Å². The number of aryl methyl sites for hydroxylation is 1. The Morgan fingerprint density at radius 2 is 1.89 bits per heavy atom. The van der Waals surface area contributed by atoms with Crippen LogP contribution < -0.4 is 9.64 Å². The van der Waals surface area contributed by atoms with Gasteiger partial charge in [0.2, 0.25) is 0 Å². The van der Waals surface area contributed by atoms with Crippen LogP contribution in [-0.2, 0) is 11.0 Å². The van der Waals surface area contributed by atoms with Gasteiger partial charge in [-0.15, -0.1) is 0 Å². The summed E-state index contributed by atoms with van der Waals surface area (Å²) in [6.45, 7) is 3.64. The molecule has 1 aliphatic rings. The van der Waals surface area contributed by atoms with Crippen LogP contribution in [0, 0.1) is 6.92 Å². The molecule has 28 heavy (non-hydrogen) atoms. The van der Waals surface area contributed by atoms with E-state index in [1.165, 1.54) is 6.07 Å². The first-order valence-electron chi connectivity index (χ1n) is 8.69. The molecule has 5 nitrogen and oxygen atoms in total. The molecular formula is C19H19ClF3N3O2. The highest BCUT2D eigenvalue weighted by molar-refractivity contribution is 6.30. The van der Waals surface area contributed by atoms with E-state index in [0.29, 0.717) is 42.8 Å². The second-order valence-corrected chi connectivity index (χ2v) is 6.91. The zero-order valence-corrected chi connectivity index (χ0v) is 15.9. The molecule has 1 aliphatic heterocycles. The van der Waals surface area contributed by atoms with Gasteiger partial charge in [0.05, 0.1) is 5.56 Å². The lowest BCUT2D eigenvalue weighted by atomic mass is 10.2. The number of carbonyl (C=O) groups is 1. The molecule has 1 aromatic heterocycles. The summed E-state index contributed by atoms with van der Waals surface area (Å²) in [5.41, 5.74) is 0.0678. The van der Waals surface area contributed by atoms with Crippen molar-refractivity contribution in [1.82, 2.24) is 9.88 Å². The number of anilines is 1. The average molecular weight is 414 g/mol. The number of carbonyl (C=O) groups excluding carboxylic acids is 1. The molecule has 2 aromatic rings. The number of amides is 1. The maximum Gasteiger partial charge on any atom is 0.417 e. The fourth-order valence-corrected chi connectivity index (χ4v) is 3.16. The van der Waals surface area contributed by atoms with Gasteiger partial charge in [0.15, 0.2) is 6.61 Å². The number of aromatic nitrogens is 1. The van der Waals surface area contributed by atoms with Crippen LogP contribution in [0.4, 0.5) is 19.0 Å². The van der Waals surface area contributed by atoms with Crippen molar-refractivity contribution in [3.8, 4) is 5.75 Å². The molecule has 0 N–H and O–H groups in total.